The second kappa shape index (κ2) is 6.30. The summed E-state index contributed by atoms with van der Waals surface area (Å²) >= 11 is 0. The Hall–Kier alpha value is -2.17. The van der Waals surface area contributed by atoms with Gasteiger partial charge < -0.3 is 14.8 Å². The van der Waals surface area contributed by atoms with Crippen molar-refractivity contribution in [1.82, 2.24) is 9.62 Å². The minimum Gasteiger partial charge on any atom is -0.445 e. The van der Waals surface area contributed by atoms with Gasteiger partial charge >= 0.3 is 16.4 Å². The Morgan fingerprint density at radius 1 is 1.36 bits per heavy atom. The molecular formula is C12H14N2O7S. The molecule has 1 aromatic carbocycles. The molecule has 9 nitrogen and oxygen atoms in total. The lowest BCUT2D eigenvalue weighted by molar-refractivity contribution is -0.162. The molecule has 0 radical (unpaired) electrons. The third-order valence-electron chi connectivity index (χ3n) is 2.98. The van der Waals surface area contributed by atoms with Gasteiger partial charge in [0.2, 0.25) is 0 Å². The molecule has 10 heteroatoms. The van der Waals surface area contributed by atoms with Crippen molar-refractivity contribution >= 4 is 22.3 Å². The molecule has 0 spiro atoms. The van der Waals surface area contributed by atoms with Crippen molar-refractivity contribution in [2.24, 2.45) is 0 Å². The molecule has 1 aromatic rings. The smallest absolute Gasteiger partial charge is 0.408 e. The van der Waals surface area contributed by atoms with Gasteiger partial charge in [0.25, 0.3) is 5.91 Å². The minimum atomic E-state index is -4.73. The average molecular weight is 330 g/mol. The van der Waals surface area contributed by atoms with Crippen LogP contribution < -0.4 is 5.32 Å². The van der Waals surface area contributed by atoms with E-state index < -0.39 is 34.6 Å². The molecular weight excluding hydrogens is 316 g/mol. The monoisotopic (exact) mass is 330 g/mol. The predicted octanol–water partition coefficient (Wildman–Crippen LogP) is -0.101. The topological polar surface area (TPSA) is 122 Å². The van der Waals surface area contributed by atoms with E-state index in [1.54, 1.807) is 24.3 Å². The fourth-order valence-electron chi connectivity index (χ4n) is 1.94. The van der Waals surface area contributed by atoms with Crippen LogP contribution >= 0.6 is 0 Å². The molecule has 2 atom stereocenters. The summed E-state index contributed by atoms with van der Waals surface area (Å²) in [6, 6.07) is 7.62. The Bertz CT molecular complexity index is 661. The maximum Gasteiger partial charge on any atom is 0.408 e. The van der Waals surface area contributed by atoms with E-state index in [0.717, 1.165) is 12.7 Å². The van der Waals surface area contributed by atoms with E-state index in [2.05, 4.69) is 5.32 Å². The van der Waals surface area contributed by atoms with Crippen LogP contribution in [-0.4, -0.2) is 48.7 Å². The maximum atomic E-state index is 11.6. The molecule has 0 unspecified atom stereocenters. The van der Waals surface area contributed by atoms with Gasteiger partial charge in [-0.05, 0) is 5.56 Å². The molecule has 2 amide bonds. The Labute approximate surface area is 126 Å². The Kier molecular flexibility index (Phi) is 4.64. The van der Waals surface area contributed by atoms with Crippen LogP contribution in [0.1, 0.15) is 5.56 Å². The number of alkyl carbamates (subject to hydrolysis) is 1. The first kappa shape index (κ1) is 16.2. The highest BCUT2D eigenvalue weighted by molar-refractivity contribution is 7.84. The summed E-state index contributed by atoms with van der Waals surface area (Å²) in [6.07, 6.45) is -2.22. The van der Waals surface area contributed by atoms with E-state index >= 15 is 0 Å². The van der Waals surface area contributed by atoms with Gasteiger partial charge in [0.1, 0.15) is 6.61 Å². The van der Waals surface area contributed by atoms with Gasteiger partial charge in [0.05, 0.1) is 0 Å². The van der Waals surface area contributed by atoms with Crippen LogP contribution in [0, 0.1) is 0 Å². The van der Waals surface area contributed by atoms with E-state index in [1.807, 2.05) is 6.07 Å². The lowest BCUT2D eigenvalue weighted by Gasteiger charge is -2.42. The number of carbonyl (C=O) groups is 2. The SMILES string of the molecule is CO[C@@H]1[C@H](NC(=O)OCc2ccccc2)C(=O)N1S(=O)(=O)O. The number of nitrogens with one attached hydrogen (secondary N) is 1. The Morgan fingerprint density at radius 3 is 2.55 bits per heavy atom. The molecule has 1 heterocycles. The van der Waals surface area contributed by atoms with Gasteiger partial charge in [0, 0.05) is 7.11 Å². The first-order valence-corrected chi connectivity index (χ1v) is 7.55. The van der Waals surface area contributed by atoms with Crippen molar-refractivity contribution in [1.29, 1.82) is 0 Å². The van der Waals surface area contributed by atoms with Crippen LogP contribution in [0.15, 0.2) is 30.3 Å². The quantitative estimate of drug-likeness (QED) is 0.571. The average Bonchev–Trinajstić information content (AvgIpc) is 2.47. The molecule has 2 N–H and O–H groups in total. The number of amides is 2. The molecule has 120 valence electrons. The summed E-state index contributed by atoms with van der Waals surface area (Å²) in [5.41, 5.74) is 0.750. The zero-order chi connectivity index (χ0) is 16.3. The highest BCUT2D eigenvalue weighted by atomic mass is 32.2. The molecule has 0 aliphatic carbocycles. The largest absolute Gasteiger partial charge is 0.445 e. The second-order valence-electron chi connectivity index (χ2n) is 4.42. The summed E-state index contributed by atoms with van der Waals surface area (Å²) in [4.78, 5) is 23.2. The van der Waals surface area contributed by atoms with Crippen LogP contribution in [0.2, 0.25) is 0 Å². The second-order valence-corrected chi connectivity index (χ2v) is 5.71. The molecule has 22 heavy (non-hydrogen) atoms. The number of methoxy groups -OCH3 is 1. The molecule has 1 fully saturated rings. The van der Waals surface area contributed by atoms with Crippen LogP contribution in [0.4, 0.5) is 4.79 Å². The normalized spacial score (nSPS) is 21.2. The number of ether oxygens (including phenoxy) is 2. The molecule has 0 saturated carbocycles. The molecule has 2 rings (SSSR count). The highest BCUT2D eigenvalue weighted by Crippen LogP contribution is 2.24. The molecule has 1 aliphatic heterocycles. The standard InChI is InChI=1S/C12H14N2O7S/c1-20-11-9(10(15)14(11)22(17,18)19)13-12(16)21-7-8-5-3-2-4-6-8/h2-6,9,11H,7H2,1H3,(H,13,16)(H,17,18,19)/t9-,11-/m1/s1. The summed E-state index contributed by atoms with van der Waals surface area (Å²) in [6.45, 7) is -0.00670. The van der Waals surface area contributed by atoms with Crippen LogP contribution in [0.25, 0.3) is 0 Å². The van der Waals surface area contributed by atoms with E-state index in [-0.39, 0.29) is 10.9 Å². The van der Waals surface area contributed by atoms with Gasteiger partial charge in [0.15, 0.2) is 12.3 Å². The number of nitrogens with zero attached hydrogens (tertiary/aromatic N) is 1. The highest BCUT2D eigenvalue weighted by Gasteiger charge is 2.54. The van der Waals surface area contributed by atoms with Crippen molar-refractivity contribution in [3.63, 3.8) is 0 Å². The number of benzene rings is 1. The van der Waals surface area contributed by atoms with Crippen LogP contribution in [-0.2, 0) is 31.2 Å². The number of β-lactam (4-membered cyclic amide) rings is 1. The summed E-state index contributed by atoms with van der Waals surface area (Å²) in [5, 5.41) is 2.19. The zero-order valence-corrected chi connectivity index (χ0v) is 12.3. The lowest BCUT2D eigenvalue weighted by atomic mass is 10.1. The molecule has 1 aliphatic rings. The molecule has 0 aromatic heterocycles. The van der Waals surface area contributed by atoms with Crippen LogP contribution in [0.5, 0.6) is 0 Å². The van der Waals surface area contributed by atoms with Crippen LogP contribution in [0.3, 0.4) is 0 Å². The summed E-state index contributed by atoms with van der Waals surface area (Å²) in [7, 11) is -3.60. The number of hydrogen-bond donors (Lipinski definition) is 2. The lowest BCUT2D eigenvalue weighted by Crippen LogP contribution is -2.72. The zero-order valence-electron chi connectivity index (χ0n) is 11.5. The van der Waals surface area contributed by atoms with Gasteiger partial charge in [-0.15, -0.1) is 0 Å². The first-order valence-electron chi connectivity index (χ1n) is 6.15. The van der Waals surface area contributed by atoms with Gasteiger partial charge in [-0.2, -0.15) is 12.7 Å². The third kappa shape index (κ3) is 3.35. The van der Waals surface area contributed by atoms with E-state index in [0.29, 0.717) is 0 Å². The van der Waals surface area contributed by atoms with Crippen molar-refractivity contribution < 1.29 is 32.0 Å². The maximum absolute atomic E-state index is 11.6. The van der Waals surface area contributed by atoms with Gasteiger partial charge in [-0.1, -0.05) is 30.3 Å². The summed E-state index contributed by atoms with van der Waals surface area (Å²) < 4.78 is 40.6. The summed E-state index contributed by atoms with van der Waals surface area (Å²) in [5.74, 6) is -1.01. The van der Waals surface area contributed by atoms with Crippen molar-refractivity contribution in [2.45, 2.75) is 18.9 Å². The fraction of sp³-hybridized carbons (Fsp3) is 0.333. The van der Waals surface area contributed by atoms with Gasteiger partial charge in [-0.3, -0.25) is 9.35 Å². The van der Waals surface area contributed by atoms with Crippen molar-refractivity contribution in [2.75, 3.05) is 7.11 Å². The third-order valence-corrected chi connectivity index (χ3v) is 3.86. The van der Waals surface area contributed by atoms with Crippen molar-refractivity contribution in [3.8, 4) is 0 Å². The minimum absolute atomic E-state index is 0.00670. The Balaban J connectivity index is 1.91. The van der Waals surface area contributed by atoms with E-state index in [4.69, 9.17) is 14.0 Å². The predicted molar refractivity (Wildman–Crippen MR) is 72.7 cm³/mol. The number of hydrogen-bond acceptors (Lipinski definition) is 6. The van der Waals surface area contributed by atoms with E-state index in [1.165, 1.54) is 0 Å². The molecule has 1 saturated heterocycles. The molecule has 0 bridgehead atoms. The van der Waals surface area contributed by atoms with E-state index in [9.17, 15) is 18.0 Å². The Morgan fingerprint density at radius 2 is 2.00 bits per heavy atom. The fourth-order valence-corrected chi connectivity index (χ4v) is 2.75. The first-order chi connectivity index (χ1) is 10.3. The van der Waals surface area contributed by atoms with Gasteiger partial charge in [-0.25, -0.2) is 4.79 Å². The number of carbonyl (C=O) groups excluding carboxylic acids is 2. The van der Waals surface area contributed by atoms with Crippen molar-refractivity contribution in [3.05, 3.63) is 35.9 Å². The number of rotatable bonds is 5.